The molecule has 0 saturated heterocycles. The Kier molecular flexibility index (Phi) is 22.7. The number of hydrogen-bond acceptors (Lipinski definition) is 8. The molecule has 0 aliphatic heterocycles. The van der Waals surface area contributed by atoms with E-state index in [0.29, 0.717) is 31.1 Å². The molecule has 0 aromatic heterocycles. The third kappa shape index (κ3) is 24.3. The summed E-state index contributed by atoms with van der Waals surface area (Å²) in [5.74, 6) is -0.276. The van der Waals surface area contributed by atoms with Crippen LogP contribution in [0.25, 0.3) is 0 Å². The highest BCUT2D eigenvalue weighted by molar-refractivity contribution is 5.72. The third-order valence-corrected chi connectivity index (χ3v) is 8.06. The Morgan fingerprint density at radius 2 is 1.16 bits per heavy atom. The average molecular weight is 703 g/mol. The minimum absolute atomic E-state index is 0.0470. The number of ether oxygens (including phenoxy) is 2. The van der Waals surface area contributed by atoms with Gasteiger partial charge in [-0.3, -0.25) is 14.4 Å². The van der Waals surface area contributed by atoms with Gasteiger partial charge in [-0.25, -0.2) is 4.84 Å². The summed E-state index contributed by atoms with van der Waals surface area (Å²) in [5, 5.41) is 1.86. The maximum atomic E-state index is 12.0. The van der Waals surface area contributed by atoms with Crippen LogP contribution >= 0.6 is 0 Å². The van der Waals surface area contributed by atoms with E-state index >= 15 is 0 Å². The van der Waals surface area contributed by atoms with Crippen molar-refractivity contribution in [2.24, 2.45) is 11.8 Å². The predicted octanol–water partition coefficient (Wildman–Crippen LogP) is 6.21. The lowest BCUT2D eigenvalue weighted by molar-refractivity contribution is -1.09. The van der Waals surface area contributed by atoms with Gasteiger partial charge in [0.05, 0.1) is 53.7 Å². The minimum atomic E-state index is -0.0982. The molecule has 0 radical (unpaired) electrons. The number of quaternary nitrogens is 2. The normalized spacial score (nSPS) is 13.0. The topological polar surface area (TPSA) is 77.5 Å². The second-order valence-electron chi connectivity index (χ2n) is 15.1. The molecule has 2 rings (SSSR count). The van der Waals surface area contributed by atoms with E-state index in [9.17, 15) is 9.59 Å². The van der Waals surface area contributed by atoms with E-state index in [-0.39, 0.29) is 23.8 Å². The highest BCUT2D eigenvalue weighted by atomic mass is 16.7. The van der Waals surface area contributed by atoms with Gasteiger partial charge in [0.25, 0.3) is 0 Å². The summed E-state index contributed by atoms with van der Waals surface area (Å²) in [6, 6.07) is 20.6. The summed E-state index contributed by atoms with van der Waals surface area (Å²) in [6.07, 6.45) is 5.51. The molecule has 0 spiro atoms. The molecule has 2 atom stereocenters. The van der Waals surface area contributed by atoms with Crippen molar-refractivity contribution < 1.29 is 37.9 Å². The Labute approximate surface area is 304 Å². The number of hydroxylamine groups is 5. The fourth-order valence-electron chi connectivity index (χ4n) is 4.86. The second-order valence-corrected chi connectivity index (χ2v) is 15.1. The largest absolute Gasteiger partial charge is 0.464 e. The van der Waals surface area contributed by atoms with E-state index in [0.717, 1.165) is 69.2 Å². The van der Waals surface area contributed by atoms with E-state index in [1.54, 1.807) is 0 Å². The van der Waals surface area contributed by atoms with Gasteiger partial charge in [-0.2, -0.15) is 9.71 Å². The number of carbonyl (C=O) groups is 2. The summed E-state index contributed by atoms with van der Waals surface area (Å²) < 4.78 is 11.9. The van der Waals surface area contributed by atoms with Crippen molar-refractivity contribution in [2.75, 3.05) is 95.9 Å². The molecule has 0 bridgehead atoms. The number of benzene rings is 2. The summed E-state index contributed by atoms with van der Waals surface area (Å²) in [5.41, 5.74) is 2.50. The lowest BCUT2D eigenvalue weighted by Gasteiger charge is -2.27. The maximum absolute atomic E-state index is 12.0. The van der Waals surface area contributed by atoms with Crippen LogP contribution in [0.1, 0.15) is 63.5 Å². The van der Waals surface area contributed by atoms with Crippen LogP contribution in [0.5, 0.6) is 0 Å². The summed E-state index contributed by atoms with van der Waals surface area (Å²) in [4.78, 5) is 37.5. The molecule has 2 unspecified atom stereocenters. The van der Waals surface area contributed by atoms with Crippen LogP contribution in [0.15, 0.2) is 60.7 Å². The molecular weight excluding hydrogens is 632 g/mol. The Morgan fingerprint density at radius 3 is 1.68 bits per heavy atom. The molecule has 10 heteroatoms. The molecule has 284 valence electrons. The van der Waals surface area contributed by atoms with E-state index < -0.39 is 0 Å². The van der Waals surface area contributed by atoms with E-state index in [1.165, 1.54) is 11.1 Å². The van der Waals surface area contributed by atoms with Gasteiger partial charge in [0.15, 0.2) is 0 Å². The standard InChI is InChI=1S/C21H38N2O3.C19H32N2O3/c1-19(21(24)25-17-15-22(2,3)4)12-10-11-16-26-23(5,6)18-20-13-8-7-9-14-20;1-17(19(22)23-15-13-20(2)3)10-8-9-14-24-21(4)16-18-11-6-5-7-12-18/h7-9,13-14,19H,10-12,15-18H2,1-6H3;5-7,11-12,17H,8-10,13-16H2,1-4H3/q+2;. The van der Waals surface area contributed by atoms with Crippen molar-refractivity contribution in [3.8, 4) is 0 Å². The molecule has 50 heavy (non-hydrogen) atoms. The van der Waals surface area contributed by atoms with Crippen LogP contribution in [0.3, 0.4) is 0 Å². The van der Waals surface area contributed by atoms with Gasteiger partial charge in [-0.15, -0.1) is 0 Å². The molecule has 0 aliphatic carbocycles. The first-order valence-electron chi connectivity index (χ1n) is 18.3. The van der Waals surface area contributed by atoms with Crippen molar-refractivity contribution >= 4 is 11.9 Å². The van der Waals surface area contributed by atoms with Gasteiger partial charge in [-0.05, 0) is 45.3 Å². The van der Waals surface area contributed by atoms with Gasteiger partial charge in [0.1, 0.15) is 32.9 Å². The highest BCUT2D eigenvalue weighted by Gasteiger charge is 2.19. The van der Waals surface area contributed by atoms with Gasteiger partial charge in [0.2, 0.25) is 0 Å². The zero-order chi connectivity index (χ0) is 37.4. The summed E-state index contributed by atoms with van der Waals surface area (Å²) >= 11 is 0. The zero-order valence-electron chi connectivity index (χ0n) is 33.1. The van der Waals surface area contributed by atoms with Crippen molar-refractivity contribution in [1.82, 2.24) is 9.96 Å². The molecule has 10 nitrogen and oxygen atoms in total. The lowest BCUT2D eigenvalue weighted by atomic mass is 10.0. The molecule has 0 heterocycles. The van der Waals surface area contributed by atoms with Crippen LogP contribution in [0.4, 0.5) is 0 Å². The fourth-order valence-corrected chi connectivity index (χ4v) is 4.86. The molecule has 0 amide bonds. The number of hydrogen-bond donors (Lipinski definition) is 0. The average Bonchev–Trinajstić information content (AvgIpc) is 3.04. The van der Waals surface area contributed by atoms with Gasteiger partial charge >= 0.3 is 11.9 Å². The van der Waals surface area contributed by atoms with Crippen LogP contribution in [0, 0.1) is 11.8 Å². The molecule has 0 fully saturated rings. The molecule has 0 saturated carbocycles. The number of unbranched alkanes of at least 4 members (excludes halogenated alkanes) is 2. The van der Waals surface area contributed by atoms with Crippen molar-refractivity contribution in [3.05, 3.63) is 71.8 Å². The summed E-state index contributed by atoms with van der Waals surface area (Å²) in [6.45, 7) is 9.41. The predicted molar refractivity (Wildman–Crippen MR) is 201 cm³/mol. The summed E-state index contributed by atoms with van der Waals surface area (Å²) in [7, 11) is 16.3. The van der Waals surface area contributed by atoms with Gasteiger partial charge < -0.3 is 18.9 Å². The van der Waals surface area contributed by atoms with Gasteiger partial charge in [-0.1, -0.05) is 87.4 Å². The second kappa shape index (κ2) is 25.2. The van der Waals surface area contributed by atoms with E-state index in [4.69, 9.17) is 19.1 Å². The van der Waals surface area contributed by atoms with Crippen LogP contribution in [-0.2, 0) is 41.8 Å². The number of rotatable bonds is 24. The zero-order valence-corrected chi connectivity index (χ0v) is 33.1. The van der Waals surface area contributed by atoms with Crippen LogP contribution in [0.2, 0.25) is 0 Å². The third-order valence-electron chi connectivity index (χ3n) is 8.06. The number of carbonyl (C=O) groups excluding carboxylic acids is 2. The lowest BCUT2D eigenvalue weighted by Crippen LogP contribution is -2.39. The number of esters is 2. The SMILES string of the molecule is CC(CCCCON(C)Cc1ccccc1)C(=O)OCCN(C)C.CC(CCCCO[N+](C)(C)Cc1ccccc1)C(=O)OCC[N+](C)(C)C. The van der Waals surface area contributed by atoms with Crippen LogP contribution < -0.4 is 0 Å². The first kappa shape index (κ1) is 45.2. The maximum Gasteiger partial charge on any atom is 0.308 e. The smallest absolute Gasteiger partial charge is 0.308 e. The van der Waals surface area contributed by atoms with Gasteiger partial charge in [0, 0.05) is 25.7 Å². The van der Waals surface area contributed by atoms with Crippen LogP contribution in [-0.4, -0.2) is 127 Å². The number of nitrogens with zero attached hydrogens (tertiary/aromatic N) is 4. The highest BCUT2D eigenvalue weighted by Crippen LogP contribution is 2.14. The Balaban J connectivity index is 0.000000502. The van der Waals surface area contributed by atoms with Crippen molar-refractivity contribution in [1.29, 1.82) is 0 Å². The molecule has 2 aromatic carbocycles. The molecule has 0 aliphatic rings. The minimum Gasteiger partial charge on any atom is -0.464 e. The van der Waals surface area contributed by atoms with Crippen molar-refractivity contribution in [2.45, 2.75) is 65.5 Å². The number of likely N-dealkylation sites (N-methyl/N-ethyl adjacent to an activating group) is 2. The van der Waals surface area contributed by atoms with Crippen molar-refractivity contribution in [3.63, 3.8) is 0 Å². The first-order valence-corrected chi connectivity index (χ1v) is 18.3. The Bertz CT molecular complexity index is 1160. The quantitative estimate of drug-likeness (QED) is 0.0554. The Hall–Kier alpha value is -2.86. The van der Waals surface area contributed by atoms with E-state index in [1.807, 2.05) is 69.2 Å². The molecule has 2 aromatic rings. The van der Waals surface area contributed by atoms with E-state index in [2.05, 4.69) is 71.6 Å². The monoisotopic (exact) mass is 703 g/mol. The first-order chi connectivity index (χ1) is 23.6. The molecule has 0 N–H and O–H groups in total. The molecular formula is C40H70N4O6+2. The Morgan fingerprint density at radius 1 is 0.660 bits per heavy atom. The fraction of sp³-hybridized carbons (Fsp3) is 0.650.